The number of hydrogen-bond donors (Lipinski definition) is 1. The maximum atomic E-state index is 12.4. The molecule has 0 fully saturated rings. The maximum absolute atomic E-state index is 12.4. The second-order valence-electron chi connectivity index (χ2n) is 4.06. The average Bonchev–Trinajstić information content (AvgIpc) is 2.39. The van der Waals surface area contributed by atoms with Crippen LogP contribution in [0.3, 0.4) is 0 Å². The third kappa shape index (κ3) is 3.26. The third-order valence-corrected chi connectivity index (χ3v) is 4.92. The maximum Gasteiger partial charge on any atom is 0.292 e. The van der Waals surface area contributed by atoms with Crippen LogP contribution >= 0.6 is 0 Å². The van der Waals surface area contributed by atoms with Gasteiger partial charge in [0.25, 0.3) is 5.69 Å². The van der Waals surface area contributed by atoms with Crippen LogP contribution in [0.4, 0.5) is 11.4 Å². The zero-order valence-electron chi connectivity index (χ0n) is 11.8. The first-order valence-corrected chi connectivity index (χ1v) is 7.84. The van der Waals surface area contributed by atoms with Crippen LogP contribution in [0.25, 0.3) is 0 Å². The molecule has 1 N–H and O–H groups in total. The lowest BCUT2D eigenvalue weighted by molar-refractivity contribution is -0.384. The van der Waals surface area contributed by atoms with E-state index >= 15 is 0 Å². The molecule has 0 amide bonds. The predicted octanol–water partition coefficient (Wildman–Crippen LogP) is 2.06. The standard InChI is InChI=1S/C12H19N3O4S/c1-4-13-11-9-10(7-8-12(11)15(16)17)20(18,19)14(5-2)6-3/h7-9,13H,4-6H2,1-3H3. The second kappa shape index (κ2) is 6.67. The summed E-state index contributed by atoms with van der Waals surface area (Å²) >= 11 is 0. The quantitative estimate of drug-likeness (QED) is 0.614. The van der Waals surface area contributed by atoms with E-state index in [4.69, 9.17) is 0 Å². The summed E-state index contributed by atoms with van der Waals surface area (Å²) in [6.45, 7) is 6.46. The van der Waals surface area contributed by atoms with Crippen molar-refractivity contribution in [3.8, 4) is 0 Å². The van der Waals surface area contributed by atoms with Gasteiger partial charge in [0.2, 0.25) is 10.0 Å². The van der Waals surface area contributed by atoms with Gasteiger partial charge in [0.1, 0.15) is 5.69 Å². The van der Waals surface area contributed by atoms with Gasteiger partial charge in [0.05, 0.1) is 9.82 Å². The number of anilines is 1. The van der Waals surface area contributed by atoms with Crippen molar-refractivity contribution in [1.29, 1.82) is 0 Å². The molecule has 0 aliphatic heterocycles. The van der Waals surface area contributed by atoms with Crippen molar-refractivity contribution >= 4 is 21.4 Å². The summed E-state index contributed by atoms with van der Waals surface area (Å²) in [6, 6.07) is 3.80. The van der Waals surface area contributed by atoms with Gasteiger partial charge >= 0.3 is 0 Å². The van der Waals surface area contributed by atoms with Gasteiger partial charge in [-0.2, -0.15) is 4.31 Å². The predicted molar refractivity (Wildman–Crippen MR) is 77.4 cm³/mol. The number of hydrogen-bond acceptors (Lipinski definition) is 5. The van der Waals surface area contributed by atoms with Gasteiger partial charge in [0, 0.05) is 25.7 Å². The highest BCUT2D eigenvalue weighted by Gasteiger charge is 2.24. The van der Waals surface area contributed by atoms with Crippen LogP contribution in [-0.4, -0.2) is 37.3 Å². The molecule has 0 bridgehead atoms. The van der Waals surface area contributed by atoms with Crippen LogP contribution in [0.1, 0.15) is 20.8 Å². The summed E-state index contributed by atoms with van der Waals surface area (Å²) < 4.78 is 26.0. The first-order chi connectivity index (χ1) is 9.38. The largest absolute Gasteiger partial charge is 0.380 e. The molecule has 0 saturated heterocycles. The normalized spacial score (nSPS) is 11.6. The SMILES string of the molecule is CCNc1cc(S(=O)(=O)N(CC)CC)ccc1[N+](=O)[O-]. The Morgan fingerprint density at radius 3 is 2.30 bits per heavy atom. The Bertz CT molecular complexity index is 582. The number of nitrogens with one attached hydrogen (secondary N) is 1. The molecule has 0 radical (unpaired) electrons. The Balaban J connectivity index is 3.34. The Morgan fingerprint density at radius 1 is 1.25 bits per heavy atom. The van der Waals surface area contributed by atoms with Crippen LogP contribution in [0, 0.1) is 10.1 Å². The summed E-state index contributed by atoms with van der Waals surface area (Å²) in [5.74, 6) is 0. The lowest BCUT2D eigenvalue weighted by Gasteiger charge is -2.18. The van der Waals surface area contributed by atoms with E-state index in [-0.39, 0.29) is 16.3 Å². The fourth-order valence-corrected chi connectivity index (χ4v) is 3.36. The molecule has 0 spiro atoms. The molecule has 1 rings (SSSR count). The first kappa shape index (κ1) is 16.4. The van der Waals surface area contributed by atoms with E-state index in [2.05, 4.69) is 5.32 Å². The van der Waals surface area contributed by atoms with Crippen LogP contribution in [0.5, 0.6) is 0 Å². The molecule has 0 heterocycles. The van der Waals surface area contributed by atoms with Gasteiger partial charge in [-0.05, 0) is 19.1 Å². The van der Waals surface area contributed by atoms with Crippen LogP contribution in [0.15, 0.2) is 23.1 Å². The van der Waals surface area contributed by atoms with Gasteiger partial charge in [-0.1, -0.05) is 13.8 Å². The second-order valence-corrected chi connectivity index (χ2v) is 5.99. The lowest BCUT2D eigenvalue weighted by atomic mass is 10.2. The molecule has 0 saturated carbocycles. The third-order valence-electron chi connectivity index (χ3n) is 2.88. The summed E-state index contributed by atoms with van der Waals surface area (Å²) in [5, 5.41) is 13.7. The van der Waals surface area contributed by atoms with E-state index in [9.17, 15) is 18.5 Å². The first-order valence-electron chi connectivity index (χ1n) is 6.40. The van der Waals surface area contributed by atoms with Crippen molar-refractivity contribution in [2.75, 3.05) is 25.0 Å². The van der Waals surface area contributed by atoms with E-state index in [1.54, 1.807) is 20.8 Å². The Labute approximate surface area is 118 Å². The summed E-state index contributed by atoms with van der Waals surface area (Å²) in [6.07, 6.45) is 0. The minimum absolute atomic E-state index is 0.0581. The number of nitro groups is 1. The van der Waals surface area contributed by atoms with Crippen LogP contribution in [0.2, 0.25) is 0 Å². The fraction of sp³-hybridized carbons (Fsp3) is 0.500. The Morgan fingerprint density at radius 2 is 1.85 bits per heavy atom. The Kier molecular flexibility index (Phi) is 5.46. The number of nitrogens with zero attached hydrogens (tertiary/aromatic N) is 2. The molecule has 1 aromatic rings. The molecule has 1 aromatic carbocycles. The Hall–Kier alpha value is -1.67. The number of nitro benzene ring substituents is 1. The minimum Gasteiger partial charge on any atom is -0.380 e. The fourth-order valence-electron chi connectivity index (χ4n) is 1.88. The topological polar surface area (TPSA) is 92.6 Å². The highest BCUT2D eigenvalue weighted by molar-refractivity contribution is 7.89. The molecule has 0 atom stereocenters. The molecule has 20 heavy (non-hydrogen) atoms. The molecule has 0 aliphatic carbocycles. The summed E-state index contributed by atoms with van der Waals surface area (Å²) in [5.41, 5.74) is 0.0797. The monoisotopic (exact) mass is 301 g/mol. The highest BCUT2D eigenvalue weighted by Crippen LogP contribution is 2.28. The lowest BCUT2D eigenvalue weighted by Crippen LogP contribution is -2.30. The molecule has 7 nitrogen and oxygen atoms in total. The van der Waals surface area contributed by atoms with Gasteiger partial charge in [-0.25, -0.2) is 8.42 Å². The number of benzene rings is 1. The zero-order valence-corrected chi connectivity index (χ0v) is 12.6. The van der Waals surface area contributed by atoms with Crippen molar-refractivity contribution in [2.45, 2.75) is 25.7 Å². The summed E-state index contributed by atoms with van der Waals surface area (Å²) in [7, 11) is -3.61. The molecule has 8 heteroatoms. The molecule has 0 aliphatic rings. The molecular weight excluding hydrogens is 282 g/mol. The molecule has 0 unspecified atom stereocenters. The van der Waals surface area contributed by atoms with Crippen molar-refractivity contribution in [2.24, 2.45) is 0 Å². The van der Waals surface area contributed by atoms with E-state index in [1.807, 2.05) is 0 Å². The molecule has 112 valence electrons. The average molecular weight is 301 g/mol. The highest BCUT2D eigenvalue weighted by atomic mass is 32.2. The van der Waals surface area contributed by atoms with Crippen molar-refractivity contribution in [3.05, 3.63) is 28.3 Å². The van der Waals surface area contributed by atoms with Crippen LogP contribution in [-0.2, 0) is 10.0 Å². The van der Waals surface area contributed by atoms with Gasteiger partial charge < -0.3 is 5.32 Å². The van der Waals surface area contributed by atoms with Crippen molar-refractivity contribution in [1.82, 2.24) is 4.31 Å². The van der Waals surface area contributed by atoms with Crippen molar-refractivity contribution in [3.63, 3.8) is 0 Å². The number of sulfonamides is 1. The van der Waals surface area contributed by atoms with Gasteiger partial charge in [-0.15, -0.1) is 0 Å². The minimum atomic E-state index is -3.61. The molecule has 0 aromatic heterocycles. The molecular formula is C12H19N3O4S. The van der Waals surface area contributed by atoms with Crippen LogP contribution < -0.4 is 5.32 Å². The summed E-state index contributed by atoms with van der Waals surface area (Å²) in [4.78, 5) is 10.4. The van der Waals surface area contributed by atoms with E-state index in [0.29, 0.717) is 19.6 Å². The smallest absolute Gasteiger partial charge is 0.292 e. The van der Waals surface area contributed by atoms with Gasteiger partial charge in [0.15, 0.2) is 0 Å². The number of rotatable bonds is 7. The van der Waals surface area contributed by atoms with E-state index in [0.717, 1.165) is 0 Å². The van der Waals surface area contributed by atoms with Crippen molar-refractivity contribution < 1.29 is 13.3 Å². The van der Waals surface area contributed by atoms with E-state index < -0.39 is 14.9 Å². The van der Waals surface area contributed by atoms with E-state index in [1.165, 1.54) is 22.5 Å². The van der Waals surface area contributed by atoms with Gasteiger partial charge in [-0.3, -0.25) is 10.1 Å². The zero-order chi connectivity index (χ0) is 15.3.